The van der Waals surface area contributed by atoms with E-state index in [-0.39, 0.29) is 10.9 Å². The summed E-state index contributed by atoms with van der Waals surface area (Å²) in [5.74, 6) is 0.565. The maximum atomic E-state index is 12.8. The predicted molar refractivity (Wildman–Crippen MR) is 86.8 cm³/mol. The van der Waals surface area contributed by atoms with Crippen molar-refractivity contribution in [2.24, 2.45) is 0 Å². The molecule has 118 valence electrons. The van der Waals surface area contributed by atoms with Crippen LogP contribution < -0.4 is 14.5 Å². The maximum absolute atomic E-state index is 12.8. The zero-order chi connectivity index (χ0) is 16.0. The number of carbonyl (C=O) groups excluding carboxylic acids is 1. The highest BCUT2D eigenvalue weighted by Crippen LogP contribution is 2.43. The van der Waals surface area contributed by atoms with Crippen LogP contribution in [0.4, 0.5) is 16.4 Å². The van der Waals surface area contributed by atoms with Crippen LogP contribution in [0.2, 0.25) is 0 Å². The number of amides is 1. The fourth-order valence-electron chi connectivity index (χ4n) is 3.00. The van der Waals surface area contributed by atoms with Gasteiger partial charge in [-0.3, -0.25) is 14.9 Å². The molecule has 0 N–H and O–H groups in total. The maximum Gasteiger partial charge on any atom is 0.324 e. The summed E-state index contributed by atoms with van der Waals surface area (Å²) < 4.78 is 5.67. The van der Waals surface area contributed by atoms with Gasteiger partial charge in [0.15, 0.2) is 0 Å². The van der Waals surface area contributed by atoms with Crippen LogP contribution in [0.1, 0.15) is 10.4 Å². The van der Waals surface area contributed by atoms with Crippen molar-refractivity contribution < 1.29 is 14.5 Å². The lowest BCUT2D eigenvalue weighted by atomic mass is 10.1. The minimum atomic E-state index is -0.475. The molecule has 0 spiro atoms. The fraction of sp³-hybridized carbons (Fsp3) is 0.267. The molecule has 7 nitrogen and oxygen atoms in total. The van der Waals surface area contributed by atoms with E-state index in [1.54, 1.807) is 10.3 Å². The molecule has 0 unspecified atom stereocenters. The molecule has 0 atom stereocenters. The lowest BCUT2D eigenvalue weighted by Gasteiger charge is -2.40. The number of nitrogens with zero attached hydrogens (tertiary/aromatic N) is 3. The quantitative estimate of drug-likeness (QED) is 0.624. The second-order valence-corrected chi connectivity index (χ2v) is 6.24. The van der Waals surface area contributed by atoms with Gasteiger partial charge in [-0.2, -0.15) is 0 Å². The van der Waals surface area contributed by atoms with Gasteiger partial charge in [-0.15, -0.1) is 0 Å². The summed E-state index contributed by atoms with van der Waals surface area (Å²) in [4.78, 5) is 27.0. The summed E-state index contributed by atoms with van der Waals surface area (Å²) in [6, 6.07) is 6.98. The van der Waals surface area contributed by atoms with Crippen LogP contribution in [0.25, 0.3) is 0 Å². The van der Waals surface area contributed by atoms with E-state index in [4.69, 9.17) is 4.74 Å². The van der Waals surface area contributed by atoms with E-state index < -0.39 is 4.92 Å². The van der Waals surface area contributed by atoms with Crippen molar-refractivity contribution in [3.63, 3.8) is 0 Å². The molecule has 3 heterocycles. The molecule has 0 aliphatic carbocycles. The van der Waals surface area contributed by atoms with Crippen LogP contribution in [0.5, 0.6) is 5.75 Å². The monoisotopic (exact) mass is 331 g/mol. The molecule has 0 saturated carbocycles. The number of nitro groups is 1. The van der Waals surface area contributed by atoms with Gasteiger partial charge in [0, 0.05) is 24.5 Å². The highest BCUT2D eigenvalue weighted by Gasteiger charge is 2.32. The molecule has 2 aliphatic rings. The molecule has 0 bridgehead atoms. The van der Waals surface area contributed by atoms with E-state index >= 15 is 0 Å². The zero-order valence-electron chi connectivity index (χ0n) is 12.1. The molecular formula is C15H13N3O4S. The van der Waals surface area contributed by atoms with Gasteiger partial charge < -0.3 is 14.5 Å². The van der Waals surface area contributed by atoms with Crippen molar-refractivity contribution in [1.29, 1.82) is 0 Å². The Bertz CT molecular complexity index is 804. The van der Waals surface area contributed by atoms with Gasteiger partial charge in [-0.25, -0.2) is 0 Å². The Morgan fingerprint density at radius 1 is 1.30 bits per heavy atom. The minimum Gasteiger partial charge on any atom is -0.489 e. The van der Waals surface area contributed by atoms with Crippen molar-refractivity contribution in [1.82, 2.24) is 0 Å². The molecule has 0 radical (unpaired) electrons. The van der Waals surface area contributed by atoms with Gasteiger partial charge in [-0.1, -0.05) is 17.4 Å². The van der Waals surface area contributed by atoms with E-state index in [0.717, 1.165) is 41.6 Å². The molecule has 0 saturated heterocycles. The third-order valence-corrected chi connectivity index (χ3v) is 4.93. The van der Waals surface area contributed by atoms with Gasteiger partial charge in [-0.05, 0) is 12.1 Å². The number of anilines is 2. The lowest BCUT2D eigenvalue weighted by molar-refractivity contribution is -0.380. The zero-order valence-corrected chi connectivity index (χ0v) is 12.9. The highest BCUT2D eigenvalue weighted by atomic mass is 32.1. The number of carbonyl (C=O) groups is 1. The summed E-state index contributed by atoms with van der Waals surface area (Å²) >= 11 is 0.969. The second kappa shape index (κ2) is 5.24. The second-order valence-electron chi connectivity index (χ2n) is 5.35. The Balaban J connectivity index is 1.72. The van der Waals surface area contributed by atoms with Gasteiger partial charge in [0.2, 0.25) is 0 Å². The third kappa shape index (κ3) is 2.22. The lowest BCUT2D eigenvalue weighted by Crippen LogP contribution is -2.46. The van der Waals surface area contributed by atoms with Crippen LogP contribution in [0.3, 0.4) is 0 Å². The molecule has 1 amide bonds. The molecule has 0 fully saturated rings. The molecule has 2 aliphatic heterocycles. The number of para-hydroxylation sites is 1. The summed E-state index contributed by atoms with van der Waals surface area (Å²) in [5, 5.41) is 12.3. The molecule has 1 aromatic heterocycles. The average molecular weight is 331 g/mol. The predicted octanol–water partition coefficient (Wildman–Crippen LogP) is 2.52. The van der Waals surface area contributed by atoms with E-state index in [0.29, 0.717) is 18.7 Å². The normalized spacial score (nSPS) is 15.8. The first-order valence-electron chi connectivity index (χ1n) is 7.21. The average Bonchev–Trinajstić information content (AvgIpc) is 3.05. The van der Waals surface area contributed by atoms with E-state index in [1.165, 1.54) is 6.07 Å². The fourth-order valence-corrected chi connectivity index (χ4v) is 3.70. The number of hydrogen-bond acceptors (Lipinski definition) is 6. The number of ether oxygens (including phenoxy) is 1. The molecule has 2 aromatic rings. The van der Waals surface area contributed by atoms with E-state index in [2.05, 4.69) is 4.90 Å². The summed E-state index contributed by atoms with van der Waals surface area (Å²) in [5.41, 5.74) is 2.08. The largest absolute Gasteiger partial charge is 0.489 e. The van der Waals surface area contributed by atoms with Gasteiger partial charge in [0.25, 0.3) is 5.91 Å². The first-order chi connectivity index (χ1) is 11.1. The minimum absolute atomic E-state index is 0.0228. The Hall–Kier alpha value is -2.61. The summed E-state index contributed by atoms with van der Waals surface area (Å²) in [7, 11) is 0. The van der Waals surface area contributed by atoms with Crippen molar-refractivity contribution >= 4 is 33.6 Å². The van der Waals surface area contributed by atoms with Crippen molar-refractivity contribution in [2.75, 3.05) is 36.0 Å². The Morgan fingerprint density at radius 3 is 2.96 bits per heavy atom. The van der Waals surface area contributed by atoms with Gasteiger partial charge in [0.1, 0.15) is 18.0 Å². The summed E-state index contributed by atoms with van der Waals surface area (Å²) in [6.45, 7) is 2.72. The van der Waals surface area contributed by atoms with E-state index in [9.17, 15) is 14.9 Å². The van der Waals surface area contributed by atoms with Crippen LogP contribution in [0, 0.1) is 10.1 Å². The third-order valence-electron chi connectivity index (χ3n) is 4.05. The number of thiophene rings is 1. The topological polar surface area (TPSA) is 75.9 Å². The first kappa shape index (κ1) is 14.0. The van der Waals surface area contributed by atoms with Crippen molar-refractivity contribution in [3.8, 4) is 5.75 Å². The van der Waals surface area contributed by atoms with Crippen LogP contribution in [0.15, 0.2) is 29.6 Å². The highest BCUT2D eigenvalue weighted by molar-refractivity contribution is 7.13. The number of rotatable bonds is 2. The Morgan fingerprint density at radius 2 is 2.17 bits per heavy atom. The van der Waals surface area contributed by atoms with Gasteiger partial charge in [0.05, 0.1) is 22.7 Å². The van der Waals surface area contributed by atoms with Crippen LogP contribution in [-0.2, 0) is 0 Å². The SMILES string of the molecule is O=C(c1csc([N+](=O)[O-])c1)N1CCN2CCOc3cccc1c32. The standard InChI is InChI=1S/C15H13N3O4S/c19-15(10-8-13(18(20)21)23-9-10)17-5-4-16-6-7-22-12-3-1-2-11(17)14(12)16/h1-3,8-9H,4-7H2. The van der Waals surface area contributed by atoms with E-state index in [1.807, 2.05) is 18.2 Å². The molecule has 4 rings (SSSR count). The van der Waals surface area contributed by atoms with Crippen LogP contribution in [-0.4, -0.2) is 37.1 Å². The first-order valence-corrected chi connectivity index (χ1v) is 8.08. The molecule has 23 heavy (non-hydrogen) atoms. The van der Waals surface area contributed by atoms with Gasteiger partial charge >= 0.3 is 5.00 Å². The number of benzene rings is 1. The molecule has 1 aromatic carbocycles. The summed E-state index contributed by atoms with van der Waals surface area (Å²) in [6.07, 6.45) is 0. The van der Waals surface area contributed by atoms with Crippen molar-refractivity contribution in [3.05, 3.63) is 45.3 Å². The number of hydrogen-bond donors (Lipinski definition) is 0. The smallest absolute Gasteiger partial charge is 0.324 e. The Labute approximate surface area is 135 Å². The Kier molecular flexibility index (Phi) is 3.19. The molecular weight excluding hydrogens is 318 g/mol. The van der Waals surface area contributed by atoms with Crippen molar-refractivity contribution in [2.45, 2.75) is 0 Å². The van der Waals surface area contributed by atoms with Crippen LogP contribution >= 0.6 is 11.3 Å². The molecule has 8 heteroatoms.